The molecule has 2 fully saturated rings. The fourth-order valence-corrected chi connectivity index (χ4v) is 6.40. The first kappa shape index (κ1) is 28.4. The summed E-state index contributed by atoms with van der Waals surface area (Å²) in [6, 6.07) is 15.0. The molecule has 3 aliphatic heterocycles. The summed E-state index contributed by atoms with van der Waals surface area (Å²) >= 11 is 0. The van der Waals surface area contributed by atoms with Crippen LogP contribution in [0.2, 0.25) is 0 Å². The average molecular weight is 571 g/mol. The molecular formula is C29H38N4O6S. The number of likely N-dealkylation sites (N-methyl/N-ethyl adjacent to an activating group) is 1. The van der Waals surface area contributed by atoms with Crippen molar-refractivity contribution in [3.63, 3.8) is 0 Å². The lowest BCUT2D eigenvalue weighted by molar-refractivity contribution is -0.134. The summed E-state index contributed by atoms with van der Waals surface area (Å²) in [5, 5.41) is 3.19. The molecule has 11 heteroatoms. The fraction of sp³-hybridized carbons (Fsp3) is 0.517. The molecule has 4 atom stereocenters. The minimum atomic E-state index is -3.48. The van der Waals surface area contributed by atoms with Gasteiger partial charge in [0.1, 0.15) is 18.5 Å². The van der Waals surface area contributed by atoms with Crippen LogP contribution >= 0.6 is 0 Å². The Hall–Kier alpha value is -3.15. The molecule has 0 bridgehead atoms. The number of ether oxygens (including phenoxy) is 2. The Kier molecular flexibility index (Phi) is 8.62. The van der Waals surface area contributed by atoms with E-state index >= 15 is 0 Å². The van der Waals surface area contributed by atoms with Crippen LogP contribution in [0.25, 0.3) is 0 Å². The third-order valence-electron chi connectivity index (χ3n) is 7.96. The summed E-state index contributed by atoms with van der Waals surface area (Å²) in [4.78, 5) is 30.3. The van der Waals surface area contributed by atoms with Crippen molar-refractivity contribution < 1.29 is 27.5 Å². The molecule has 0 saturated carbocycles. The molecule has 0 unspecified atom stereocenters. The highest BCUT2D eigenvalue weighted by molar-refractivity contribution is 7.92. The van der Waals surface area contributed by atoms with Crippen LogP contribution in [0.3, 0.4) is 0 Å². The van der Waals surface area contributed by atoms with Gasteiger partial charge in [-0.3, -0.25) is 19.2 Å². The molecule has 2 saturated heterocycles. The number of benzene rings is 2. The van der Waals surface area contributed by atoms with Crippen molar-refractivity contribution in [2.45, 2.75) is 63.4 Å². The molecule has 0 aliphatic carbocycles. The minimum Gasteiger partial charge on any atom is -0.490 e. The number of hydrogen-bond acceptors (Lipinski definition) is 7. The maximum Gasteiger partial charge on any atom is 0.257 e. The zero-order valence-corrected chi connectivity index (χ0v) is 23.9. The van der Waals surface area contributed by atoms with Gasteiger partial charge in [-0.15, -0.1) is 0 Å². The second kappa shape index (κ2) is 12.2. The van der Waals surface area contributed by atoms with E-state index < -0.39 is 10.0 Å². The molecule has 5 rings (SSSR count). The third-order valence-corrected chi connectivity index (χ3v) is 9.27. The van der Waals surface area contributed by atoms with Crippen LogP contribution in [0.4, 0.5) is 5.69 Å². The number of fused-ring (bicyclic) bond motifs is 2. The van der Waals surface area contributed by atoms with E-state index in [9.17, 15) is 18.0 Å². The van der Waals surface area contributed by atoms with Gasteiger partial charge in [0, 0.05) is 38.4 Å². The van der Waals surface area contributed by atoms with Gasteiger partial charge >= 0.3 is 0 Å². The van der Waals surface area contributed by atoms with Gasteiger partial charge in [0.05, 0.1) is 29.9 Å². The van der Waals surface area contributed by atoms with Crippen LogP contribution < -0.4 is 14.8 Å². The highest BCUT2D eigenvalue weighted by Crippen LogP contribution is 2.32. The maximum atomic E-state index is 13.4. The number of hydrogen-bond donors (Lipinski definition) is 2. The van der Waals surface area contributed by atoms with Gasteiger partial charge in [-0.05, 0) is 49.9 Å². The average Bonchev–Trinajstić information content (AvgIpc) is 3.37. The Labute approximate surface area is 236 Å². The normalized spacial score (nSPS) is 25.2. The van der Waals surface area contributed by atoms with Crippen molar-refractivity contribution >= 4 is 27.5 Å². The SMILES string of the molecule is CCS(=O)(=O)Nc1ccc2c(c1)C(=O)N(C)[C@@H]1CC[C@@H](CC(=O)N[C@H]3CCN(Cc4ccccc4)C3)O[C@@H]1CO2. The zero-order chi connectivity index (χ0) is 28.3. The van der Waals surface area contributed by atoms with Gasteiger partial charge in [-0.1, -0.05) is 30.3 Å². The minimum absolute atomic E-state index is 0.0152. The topological polar surface area (TPSA) is 117 Å². The Morgan fingerprint density at radius 1 is 1.10 bits per heavy atom. The molecule has 0 radical (unpaired) electrons. The van der Waals surface area contributed by atoms with Gasteiger partial charge in [0.2, 0.25) is 15.9 Å². The summed E-state index contributed by atoms with van der Waals surface area (Å²) in [5.74, 6) is 0.0312. The number of nitrogens with one attached hydrogen (secondary N) is 2. The molecule has 216 valence electrons. The Morgan fingerprint density at radius 2 is 1.90 bits per heavy atom. The van der Waals surface area contributed by atoms with E-state index in [2.05, 4.69) is 27.1 Å². The maximum absolute atomic E-state index is 13.4. The number of anilines is 1. The molecule has 2 aromatic carbocycles. The first-order chi connectivity index (χ1) is 19.2. The lowest BCUT2D eigenvalue weighted by atomic mass is 9.94. The van der Waals surface area contributed by atoms with E-state index in [0.717, 1.165) is 26.1 Å². The molecule has 10 nitrogen and oxygen atoms in total. The number of nitrogens with zero attached hydrogens (tertiary/aromatic N) is 2. The first-order valence-corrected chi connectivity index (χ1v) is 15.6. The second-order valence-electron chi connectivity index (χ2n) is 10.9. The van der Waals surface area contributed by atoms with Crippen molar-refractivity contribution in [1.29, 1.82) is 0 Å². The predicted octanol–water partition coefficient (Wildman–Crippen LogP) is 2.61. The van der Waals surface area contributed by atoms with Crippen LogP contribution in [-0.2, 0) is 26.1 Å². The van der Waals surface area contributed by atoms with Gasteiger partial charge in [0.15, 0.2) is 0 Å². The second-order valence-corrected chi connectivity index (χ2v) is 12.9. The summed E-state index contributed by atoms with van der Waals surface area (Å²) in [7, 11) is -1.74. The van der Waals surface area contributed by atoms with Crippen molar-refractivity contribution in [3.05, 3.63) is 59.7 Å². The summed E-state index contributed by atoms with van der Waals surface area (Å²) in [6.07, 6.45) is 1.91. The zero-order valence-electron chi connectivity index (χ0n) is 23.0. The molecule has 0 spiro atoms. The van der Waals surface area contributed by atoms with E-state index in [-0.39, 0.29) is 54.9 Å². The molecule has 2 aromatic rings. The molecule has 40 heavy (non-hydrogen) atoms. The molecule has 2 N–H and O–H groups in total. The van der Waals surface area contributed by atoms with Crippen molar-refractivity contribution in [1.82, 2.24) is 15.1 Å². The van der Waals surface area contributed by atoms with Crippen molar-refractivity contribution in [3.8, 4) is 5.75 Å². The molecule has 3 aliphatic rings. The lowest BCUT2D eigenvalue weighted by Crippen LogP contribution is -2.54. The van der Waals surface area contributed by atoms with E-state index in [4.69, 9.17) is 9.47 Å². The van der Waals surface area contributed by atoms with Crippen LogP contribution in [-0.4, -0.2) is 86.8 Å². The van der Waals surface area contributed by atoms with Gasteiger partial charge in [-0.2, -0.15) is 0 Å². The number of amides is 2. The van der Waals surface area contributed by atoms with E-state index in [0.29, 0.717) is 29.8 Å². The smallest absolute Gasteiger partial charge is 0.257 e. The first-order valence-electron chi connectivity index (χ1n) is 14.0. The molecule has 2 amide bonds. The van der Waals surface area contributed by atoms with E-state index in [1.54, 1.807) is 31.0 Å². The Balaban J connectivity index is 1.16. The van der Waals surface area contributed by atoms with Gasteiger partial charge in [-0.25, -0.2) is 8.42 Å². The standard InChI is InChI=1S/C29H38N4O6S/c1-3-40(36,37)31-21-9-12-26-24(15-21)29(35)32(2)25-11-10-23(39-27(25)19-38-26)16-28(34)30-22-13-14-33(18-22)17-20-7-5-4-6-8-20/h4-9,12,15,22-23,25,27,31H,3,10-11,13-14,16-19H2,1-2H3,(H,30,34)/t22-,23-,25+,27+/m0/s1. The summed E-state index contributed by atoms with van der Waals surface area (Å²) in [6.45, 7) is 4.44. The summed E-state index contributed by atoms with van der Waals surface area (Å²) < 4.78 is 38.8. The van der Waals surface area contributed by atoms with Crippen LogP contribution in [0, 0.1) is 0 Å². The summed E-state index contributed by atoms with van der Waals surface area (Å²) in [5.41, 5.74) is 1.89. The van der Waals surface area contributed by atoms with Crippen molar-refractivity contribution in [2.24, 2.45) is 0 Å². The Bertz CT molecular complexity index is 1320. The van der Waals surface area contributed by atoms with E-state index in [1.807, 2.05) is 18.2 Å². The van der Waals surface area contributed by atoms with Crippen LogP contribution in [0.5, 0.6) is 5.75 Å². The highest BCUT2D eigenvalue weighted by Gasteiger charge is 2.39. The Morgan fingerprint density at radius 3 is 2.67 bits per heavy atom. The number of carbonyl (C=O) groups is 2. The lowest BCUT2D eigenvalue weighted by Gasteiger charge is -2.42. The molecular weight excluding hydrogens is 532 g/mol. The monoisotopic (exact) mass is 570 g/mol. The third kappa shape index (κ3) is 6.76. The fourth-order valence-electron chi connectivity index (χ4n) is 5.77. The van der Waals surface area contributed by atoms with Gasteiger partial charge in [0.25, 0.3) is 5.91 Å². The van der Waals surface area contributed by atoms with Gasteiger partial charge < -0.3 is 19.7 Å². The quantitative estimate of drug-likeness (QED) is 0.501. The van der Waals surface area contributed by atoms with Crippen molar-refractivity contribution in [2.75, 3.05) is 37.2 Å². The van der Waals surface area contributed by atoms with E-state index in [1.165, 1.54) is 11.6 Å². The predicted molar refractivity (Wildman–Crippen MR) is 152 cm³/mol. The largest absolute Gasteiger partial charge is 0.490 e. The molecule has 0 aromatic heterocycles. The van der Waals surface area contributed by atoms with Crippen LogP contribution in [0.15, 0.2) is 48.5 Å². The number of likely N-dealkylation sites (tertiary alicyclic amines) is 1. The van der Waals surface area contributed by atoms with Crippen LogP contribution in [0.1, 0.15) is 48.5 Å². The number of carbonyl (C=O) groups excluding carboxylic acids is 2. The highest BCUT2D eigenvalue weighted by atomic mass is 32.2. The molecule has 3 heterocycles. The number of sulfonamides is 1. The number of rotatable bonds is 8.